The first-order valence-electron chi connectivity index (χ1n) is 8.15. The summed E-state index contributed by atoms with van der Waals surface area (Å²) >= 11 is 0. The molecular weight excluding hydrogens is 336 g/mol. The highest BCUT2D eigenvalue weighted by molar-refractivity contribution is 5.88. The number of primary amides is 1. The lowest BCUT2D eigenvalue weighted by Crippen LogP contribution is -2.38. The summed E-state index contributed by atoms with van der Waals surface area (Å²) in [6, 6.07) is 5.41. The number of nitrogens with two attached hydrogens (primary N) is 1. The molecule has 2 amide bonds. The van der Waals surface area contributed by atoms with Crippen LogP contribution in [-0.2, 0) is 24.2 Å². The van der Waals surface area contributed by atoms with Gasteiger partial charge in [0.2, 0.25) is 11.7 Å². The van der Waals surface area contributed by atoms with Crippen LogP contribution in [-0.4, -0.2) is 47.4 Å². The van der Waals surface area contributed by atoms with Crippen LogP contribution >= 0.6 is 0 Å². The highest BCUT2D eigenvalue weighted by Gasteiger charge is 2.23. The normalized spacial score (nSPS) is 13.1. The fraction of sp³-hybridized carbons (Fsp3) is 0.333. The van der Waals surface area contributed by atoms with E-state index in [2.05, 4.69) is 9.97 Å². The standard InChI is InChI=1S/C18H20N4O4/c1-25-14-4-3-11(7-15(14)26-2)8-16(23)22-6-5-12-9-20-18(17(19)24)21-13(12)10-22/h3-4,7,9H,5-6,8,10H2,1-2H3,(H2,19,24). The van der Waals surface area contributed by atoms with Crippen LogP contribution in [0.1, 0.15) is 27.4 Å². The number of carbonyl (C=O) groups is 2. The van der Waals surface area contributed by atoms with Crippen molar-refractivity contribution in [1.82, 2.24) is 14.9 Å². The number of hydrogen-bond acceptors (Lipinski definition) is 6. The molecule has 0 fully saturated rings. The van der Waals surface area contributed by atoms with E-state index in [0.717, 1.165) is 11.1 Å². The van der Waals surface area contributed by atoms with Crippen molar-refractivity contribution < 1.29 is 19.1 Å². The van der Waals surface area contributed by atoms with Gasteiger partial charge in [0.1, 0.15) is 0 Å². The Labute approximate surface area is 150 Å². The number of benzene rings is 1. The van der Waals surface area contributed by atoms with Gasteiger partial charge in [-0.3, -0.25) is 9.59 Å². The molecule has 0 bridgehead atoms. The number of nitrogens with zero attached hydrogens (tertiary/aromatic N) is 3. The van der Waals surface area contributed by atoms with Gasteiger partial charge in [-0.15, -0.1) is 0 Å². The van der Waals surface area contributed by atoms with Crippen molar-refractivity contribution in [2.24, 2.45) is 5.73 Å². The third-order valence-electron chi connectivity index (χ3n) is 4.32. The maximum Gasteiger partial charge on any atom is 0.286 e. The molecule has 2 N–H and O–H groups in total. The van der Waals surface area contributed by atoms with E-state index in [-0.39, 0.29) is 18.2 Å². The van der Waals surface area contributed by atoms with Crippen molar-refractivity contribution in [3.8, 4) is 11.5 Å². The molecule has 0 spiro atoms. The fourth-order valence-corrected chi connectivity index (χ4v) is 2.91. The summed E-state index contributed by atoms with van der Waals surface area (Å²) in [6.45, 7) is 0.919. The van der Waals surface area contributed by atoms with Crippen molar-refractivity contribution >= 4 is 11.8 Å². The lowest BCUT2D eigenvalue weighted by Gasteiger charge is -2.28. The molecule has 0 aliphatic carbocycles. The maximum atomic E-state index is 12.7. The second-order valence-electron chi connectivity index (χ2n) is 5.96. The van der Waals surface area contributed by atoms with Crippen LogP contribution in [0.2, 0.25) is 0 Å². The molecule has 8 nitrogen and oxygen atoms in total. The largest absolute Gasteiger partial charge is 0.493 e. The number of ether oxygens (including phenoxy) is 2. The number of fused-ring (bicyclic) bond motifs is 1. The van der Waals surface area contributed by atoms with E-state index >= 15 is 0 Å². The summed E-state index contributed by atoms with van der Waals surface area (Å²) in [6.07, 6.45) is 2.49. The molecule has 0 unspecified atom stereocenters. The van der Waals surface area contributed by atoms with E-state index in [4.69, 9.17) is 15.2 Å². The maximum absolute atomic E-state index is 12.7. The van der Waals surface area contributed by atoms with Crippen LogP contribution < -0.4 is 15.2 Å². The van der Waals surface area contributed by atoms with Crippen LogP contribution in [0.15, 0.2) is 24.4 Å². The number of rotatable bonds is 5. The Balaban J connectivity index is 1.73. The van der Waals surface area contributed by atoms with Crippen LogP contribution in [0, 0.1) is 0 Å². The zero-order valence-electron chi connectivity index (χ0n) is 14.7. The van der Waals surface area contributed by atoms with Gasteiger partial charge in [-0.1, -0.05) is 6.07 Å². The van der Waals surface area contributed by atoms with Gasteiger partial charge in [-0.25, -0.2) is 9.97 Å². The molecule has 0 saturated carbocycles. The average Bonchev–Trinajstić information content (AvgIpc) is 2.66. The van der Waals surface area contributed by atoms with Crippen LogP contribution in [0.3, 0.4) is 0 Å². The summed E-state index contributed by atoms with van der Waals surface area (Å²) in [4.78, 5) is 33.8. The molecule has 2 heterocycles. The summed E-state index contributed by atoms with van der Waals surface area (Å²) in [7, 11) is 3.12. The van der Waals surface area contributed by atoms with Gasteiger partial charge in [0.05, 0.1) is 32.9 Å². The first kappa shape index (κ1) is 17.7. The Hall–Kier alpha value is -3.16. The lowest BCUT2D eigenvalue weighted by molar-refractivity contribution is -0.131. The van der Waals surface area contributed by atoms with Gasteiger partial charge in [-0.05, 0) is 29.7 Å². The summed E-state index contributed by atoms with van der Waals surface area (Å²) in [5.41, 5.74) is 7.66. The van der Waals surface area contributed by atoms with Gasteiger partial charge in [0.15, 0.2) is 11.5 Å². The zero-order valence-corrected chi connectivity index (χ0v) is 14.7. The first-order chi connectivity index (χ1) is 12.5. The third kappa shape index (κ3) is 3.58. The second-order valence-corrected chi connectivity index (χ2v) is 5.96. The lowest BCUT2D eigenvalue weighted by atomic mass is 10.0. The Morgan fingerprint density at radius 1 is 1.23 bits per heavy atom. The second kappa shape index (κ2) is 7.38. The minimum Gasteiger partial charge on any atom is -0.493 e. The molecule has 0 saturated heterocycles. The van der Waals surface area contributed by atoms with Crippen molar-refractivity contribution in [2.75, 3.05) is 20.8 Å². The van der Waals surface area contributed by atoms with Gasteiger partial charge < -0.3 is 20.1 Å². The molecule has 1 aromatic heterocycles. The molecule has 26 heavy (non-hydrogen) atoms. The Morgan fingerprint density at radius 2 is 2.00 bits per heavy atom. The summed E-state index contributed by atoms with van der Waals surface area (Å²) < 4.78 is 10.5. The number of carbonyl (C=O) groups excluding carboxylic acids is 2. The van der Waals surface area contributed by atoms with Crippen molar-refractivity contribution in [1.29, 1.82) is 0 Å². The van der Waals surface area contributed by atoms with Crippen LogP contribution in [0.25, 0.3) is 0 Å². The van der Waals surface area contributed by atoms with Gasteiger partial charge in [0, 0.05) is 12.7 Å². The molecule has 3 rings (SSSR count). The predicted octanol–water partition coefficient (Wildman–Crippen LogP) is 0.720. The number of hydrogen-bond donors (Lipinski definition) is 1. The molecule has 8 heteroatoms. The smallest absolute Gasteiger partial charge is 0.286 e. The predicted molar refractivity (Wildman–Crippen MR) is 92.9 cm³/mol. The topological polar surface area (TPSA) is 108 Å². The molecule has 136 valence electrons. The van der Waals surface area contributed by atoms with Crippen molar-refractivity contribution in [2.45, 2.75) is 19.4 Å². The molecular formula is C18H20N4O4. The quantitative estimate of drug-likeness (QED) is 0.846. The number of amides is 2. The summed E-state index contributed by atoms with van der Waals surface area (Å²) in [5.74, 6) is 0.466. The van der Waals surface area contributed by atoms with Crippen molar-refractivity contribution in [3.63, 3.8) is 0 Å². The van der Waals surface area contributed by atoms with Gasteiger partial charge in [0.25, 0.3) is 5.91 Å². The minimum atomic E-state index is -0.679. The van der Waals surface area contributed by atoms with E-state index in [9.17, 15) is 9.59 Å². The Bertz CT molecular complexity index is 853. The fourth-order valence-electron chi connectivity index (χ4n) is 2.91. The van der Waals surface area contributed by atoms with E-state index in [1.165, 1.54) is 0 Å². The monoisotopic (exact) mass is 356 g/mol. The molecule has 0 radical (unpaired) electrons. The Morgan fingerprint density at radius 3 is 2.69 bits per heavy atom. The van der Waals surface area contributed by atoms with E-state index < -0.39 is 5.91 Å². The van der Waals surface area contributed by atoms with Crippen molar-refractivity contribution in [3.05, 3.63) is 47.0 Å². The first-order valence-corrected chi connectivity index (χ1v) is 8.15. The molecule has 1 aliphatic rings. The highest BCUT2D eigenvalue weighted by Crippen LogP contribution is 2.28. The highest BCUT2D eigenvalue weighted by atomic mass is 16.5. The van der Waals surface area contributed by atoms with Crippen LogP contribution in [0.5, 0.6) is 11.5 Å². The minimum absolute atomic E-state index is 0.0258. The Kier molecular flexibility index (Phi) is 5.01. The van der Waals surface area contributed by atoms with Crippen LogP contribution in [0.4, 0.5) is 0 Å². The molecule has 1 aliphatic heterocycles. The van der Waals surface area contributed by atoms with E-state index in [1.54, 1.807) is 37.4 Å². The summed E-state index contributed by atoms with van der Waals surface area (Å²) in [5, 5.41) is 0. The number of aromatic nitrogens is 2. The zero-order chi connectivity index (χ0) is 18.7. The number of methoxy groups -OCH3 is 2. The van der Waals surface area contributed by atoms with E-state index in [1.807, 2.05) is 6.07 Å². The average molecular weight is 356 g/mol. The van der Waals surface area contributed by atoms with E-state index in [0.29, 0.717) is 36.7 Å². The molecule has 1 aromatic carbocycles. The molecule has 0 atom stereocenters. The third-order valence-corrected chi connectivity index (χ3v) is 4.32. The van der Waals surface area contributed by atoms with Gasteiger partial charge >= 0.3 is 0 Å². The molecule has 2 aromatic rings. The van der Waals surface area contributed by atoms with Gasteiger partial charge in [-0.2, -0.15) is 0 Å². The SMILES string of the molecule is COc1ccc(CC(=O)N2CCc3cnc(C(N)=O)nc3C2)cc1OC.